The Labute approximate surface area is 300 Å². The summed E-state index contributed by atoms with van der Waals surface area (Å²) in [5, 5.41) is 10.0. The maximum Gasteiger partial charge on any atom is 0.347 e. The zero-order chi connectivity index (χ0) is 37.5. The molecule has 0 bridgehead atoms. The fraction of sp³-hybridized carbons (Fsp3) is 0.756. The summed E-state index contributed by atoms with van der Waals surface area (Å²) >= 11 is 0. The zero-order valence-corrected chi connectivity index (χ0v) is 32.4. The molecule has 4 atom stereocenters. The fourth-order valence-corrected chi connectivity index (χ4v) is 8.10. The van der Waals surface area contributed by atoms with Gasteiger partial charge in [0.05, 0.1) is 22.9 Å². The first kappa shape index (κ1) is 41.3. The Hall–Kier alpha value is -3.10. The maximum atomic E-state index is 14.9. The highest BCUT2D eigenvalue weighted by Crippen LogP contribution is 2.54. The zero-order valence-electron chi connectivity index (χ0n) is 32.4. The molecule has 0 amide bonds. The van der Waals surface area contributed by atoms with Crippen LogP contribution in [-0.4, -0.2) is 52.9 Å². The van der Waals surface area contributed by atoms with E-state index in [1.165, 1.54) is 0 Å². The molecule has 1 saturated heterocycles. The summed E-state index contributed by atoms with van der Waals surface area (Å²) in [7, 11) is 0. The van der Waals surface area contributed by atoms with Gasteiger partial charge < -0.3 is 24.1 Å². The van der Waals surface area contributed by atoms with Crippen LogP contribution in [0.2, 0.25) is 0 Å². The van der Waals surface area contributed by atoms with Crippen LogP contribution < -0.4 is 0 Å². The van der Waals surface area contributed by atoms with Crippen molar-refractivity contribution in [1.29, 1.82) is 0 Å². The van der Waals surface area contributed by atoms with Crippen LogP contribution in [0.25, 0.3) is 0 Å². The number of benzene rings is 1. The van der Waals surface area contributed by atoms with E-state index in [1.54, 1.807) is 32.9 Å². The van der Waals surface area contributed by atoms with Crippen LogP contribution >= 0.6 is 0 Å². The number of hydrogen-bond donors (Lipinski definition) is 1. The second kappa shape index (κ2) is 16.5. The Morgan fingerprint density at radius 2 is 1.52 bits per heavy atom. The molecule has 0 spiro atoms. The lowest BCUT2D eigenvalue weighted by Crippen LogP contribution is -2.55. The van der Waals surface area contributed by atoms with E-state index in [-0.39, 0.29) is 37.0 Å². The first-order chi connectivity index (χ1) is 23.4. The molecule has 9 heteroatoms. The van der Waals surface area contributed by atoms with Crippen LogP contribution in [0.5, 0.6) is 5.75 Å². The van der Waals surface area contributed by atoms with Crippen molar-refractivity contribution in [2.75, 3.05) is 6.61 Å². The van der Waals surface area contributed by atoms with E-state index in [0.29, 0.717) is 32.1 Å². The molecule has 1 heterocycles. The minimum absolute atomic E-state index is 0.0365. The summed E-state index contributed by atoms with van der Waals surface area (Å²) in [6.45, 7) is 19.2. The lowest BCUT2D eigenvalue weighted by atomic mass is 9.57. The maximum absolute atomic E-state index is 14.9. The third kappa shape index (κ3) is 8.67. The number of hydrogen-bond acceptors (Lipinski definition) is 9. The molecule has 2 fully saturated rings. The molecule has 9 nitrogen and oxygen atoms in total. The highest BCUT2D eigenvalue weighted by molar-refractivity contribution is 5.90. The van der Waals surface area contributed by atoms with Gasteiger partial charge in [-0.15, -0.1) is 0 Å². The third-order valence-electron chi connectivity index (χ3n) is 12.5. The summed E-state index contributed by atoms with van der Waals surface area (Å²) in [6, 6.07) is 6.98. The number of carbonyl (C=O) groups is 4. The second-order valence-electron chi connectivity index (χ2n) is 16.2. The summed E-state index contributed by atoms with van der Waals surface area (Å²) in [6.07, 6.45) is 6.38. The first-order valence-corrected chi connectivity index (χ1v) is 19.0. The van der Waals surface area contributed by atoms with E-state index < -0.39 is 57.4 Å². The van der Waals surface area contributed by atoms with Gasteiger partial charge in [-0.25, -0.2) is 4.79 Å². The van der Waals surface area contributed by atoms with E-state index in [4.69, 9.17) is 18.9 Å². The van der Waals surface area contributed by atoms with E-state index in [0.717, 1.165) is 37.7 Å². The van der Waals surface area contributed by atoms with E-state index in [2.05, 4.69) is 0 Å². The molecule has 3 rings (SSSR count). The van der Waals surface area contributed by atoms with Gasteiger partial charge in [-0.3, -0.25) is 14.4 Å². The standard InChI is InChI=1S/C41H64O9/c1-11-29(30-18-20-31(42)21-19-30)26-38(9,35(45)50-41(13-3,14-4)28(5)6)27-39(10,36(46)49-40(12-2)23-16-15-17-24-40)37(7,8)34(44)48-32-22-25-47-33(32)43/h18-21,28-29,32,42H,11-17,22-27H2,1-10H3. The SMILES string of the molecule is CCC(CC(C)(CC(C)(C(=O)OC1(CC)CCCCC1)C(C)(C)C(=O)OC1CCOC1=O)C(=O)OC(CC)(CC)C(C)C)c1ccc(O)cc1. The Balaban J connectivity index is 2.19. The molecular weight excluding hydrogens is 636 g/mol. The molecule has 1 aliphatic carbocycles. The van der Waals surface area contributed by atoms with E-state index in [9.17, 15) is 24.3 Å². The molecule has 4 unspecified atom stereocenters. The van der Waals surface area contributed by atoms with E-state index >= 15 is 0 Å². The molecule has 0 radical (unpaired) electrons. The number of ether oxygens (including phenoxy) is 4. The van der Waals surface area contributed by atoms with Crippen molar-refractivity contribution in [2.45, 2.75) is 170 Å². The largest absolute Gasteiger partial charge is 0.508 e. The molecule has 1 aliphatic heterocycles. The molecule has 2 aliphatic rings. The topological polar surface area (TPSA) is 125 Å². The van der Waals surface area contributed by atoms with Gasteiger partial charge in [-0.05, 0) is 121 Å². The molecule has 1 aromatic carbocycles. The predicted octanol–water partition coefficient (Wildman–Crippen LogP) is 8.98. The van der Waals surface area contributed by atoms with Crippen LogP contribution in [0.1, 0.15) is 158 Å². The number of phenols is 1. The molecular formula is C41H64O9. The van der Waals surface area contributed by atoms with Gasteiger partial charge in [0.2, 0.25) is 6.10 Å². The third-order valence-corrected chi connectivity index (χ3v) is 12.5. The van der Waals surface area contributed by atoms with Crippen LogP contribution in [0.15, 0.2) is 24.3 Å². The predicted molar refractivity (Wildman–Crippen MR) is 192 cm³/mol. The fourth-order valence-electron chi connectivity index (χ4n) is 8.10. The average molecular weight is 701 g/mol. The number of carbonyl (C=O) groups excluding carboxylic acids is 4. The summed E-state index contributed by atoms with van der Waals surface area (Å²) in [5.74, 6) is -2.28. The highest BCUT2D eigenvalue weighted by atomic mass is 16.6. The molecule has 1 N–H and O–H groups in total. The number of phenolic OH excluding ortho intramolecular Hbond substituents is 1. The quantitative estimate of drug-likeness (QED) is 0.125. The summed E-state index contributed by atoms with van der Waals surface area (Å²) < 4.78 is 23.9. The van der Waals surface area contributed by atoms with Gasteiger partial charge in [0.1, 0.15) is 17.0 Å². The van der Waals surface area contributed by atoms with Gasteiger partial charge >= 0.3 is 23.9 Å². The Kier molecular flexibility index (Phi) is 13.6. The van der Waals surface area contributed by atoms with Crippen molar-refractivity contribution in [3.8, 4) is 5.75 Å². The van der Waals surface area contributed by atoms with Crippen molar-refractivity contribution >= 4 is 23.9 Å². The van der Waals surface area contributed by atoms with Crippen molar-refractivity contribution in [2.24, 2.45) is 22.2 Å². The number of rotatable bonds is 17. The molecule has 50 heavy (non-hydrogen) atoms. The molecule has 282 valence electrons. The second-order valence-corrected chi connectivity index (χ2v) is 16.2. The van der Waals surface area contributed by atoms with Crippen molar-refractivity contribution in [1.82, 2.24) is 0 Å². The number of esters is 4. The van der Waals surface area contributed by atoms with Crippen LogP contribution in [0, 0.1) is 22.2 Å². The van der Waals surface area contributed by atoms with Gasteiger partial charge in [0, 0.05) is 6.42 Å². The van der Waals surface area contributed by atoms with Gasteiger partial charge in [-0.1, -0.05) is 60.1 Å². The Morgan fingerprint density at radius 3 is 2.00 bits per heavy atom. The van der Waals surface area contributed by atoms with Gasteiger partial charge in [0.25, 0.3) is 0 Å². The first-order valence-electron chi connectivity index (χ1n) is 19.0. The van der Waals surface area contributed by atoms with Crippen molar-refractivity contribution < 1.29 is 43.2 Å². The number of cyclic esters (lactones) is 1. The van der Waals surface area contributed by atoms with Crippen molar-refractivity contribution in [3.05, 3.63) is 29.8 Å². The van der Waals surface area contributed by atoms with Crippen LogP contribution in [-0.2, 0) is 38.1 Å². The van der Waals surface area contributed by atoms with Gasteiger partial charge in [-0.2, -0.15) is 0 Å². The Morgan fingerprint density at radius 1 is 0.920 bits per heavy atom. The lowest BCUT2D eigenvalue weighted by Gasteiger charge is -2.48. The molecule has 0 aromatic heterocycles. The molecule has 1 saturated carbocycles. The van der Waals surface area contributed by atoms with Gasteiger partial charge in [0.15, 0.2) is 0 Å². The van der Waals surface area contributed by atoms with Crippen LogP contribution in [0.4, 0.5) is 0 Å². The number of aromatic hydroxyl groups is 1. The minimum atomic E-state index is -1.58. The summed E-state index contributed by atoms with van der Waals surface area (Å²) in [5.41, 5.74) is -4.82. The minimum Gasteiger partial charge on any atom is -0.508 e. The van der Waals surface area contributed by atoms with E-state index in [1.807, 2.05) is 60.6 Å². The average Bonchev–Trinajstić information content (AvgIpc) is 3.49. The lowest BCUT2D eigenvalue weighted by molar-refractivity contribution is -0.200. The monoisotopic (exact) mass is 700 g/mol. The highest BCUT2D eigenvalue weighted by Gasteiger charge is 2.60. The smallest absolute Gasteiger partial charge is 0.347 e. The summed E-state index contributed by atoms with van der Waals surface area (Å²) in [4.78, 5) is 56.3. The molecule has 1 aromatic rings. The van der Waals surface area contributed by atoms with Crippen LogP contribution in [0.3, 0.4) is 0 Å². The van der Waals surface area contributed by atoms with Crippen molar-refractivity contribution in [3.63, 3.8) is 0 Å². The Bertz CT molecular complexity index is 1320. The normalized spacial score (nSPS) is 21.0.